The van der Waals surface area contributed by atoms with E-state index in [0.717, 1.165) is 4.67 Å². The zero-order valence-corrected chi connectivity index (χ0v) is 13.9. The molecule has 1 aliphatic rings. The number of nitrogens with one attached hydrogen (secondary N) is 2. The molecule has 0 radical (unpaired) electrons. The molecule has 3 atom stereocenters. The maximum atomic E-state index is 12.6. The fourth-order valence-electron chi connectivity index (χ4n) is 2.22. The molecule has 1 fully saturated rings. The van der Waals surface area contributed by atoms with E-state index in [-0.39, 0.29) is 6.54 Å². The second-order valence-electron chi connectivity index (χ2n) is 5.40. The number of piperidine rings is 1. The Bertz CT molecular complexity index is 514. The van der Waals surface area contributed by atoms with Gasteiger partial charge in [0.1, 0.15) is 6.04 Å². The summed E-state index contributed by atoms with van der Waals surface area (Å²) < 4.78 is 13.6. The van der Waals surface area contributed by atoms with Gasteiger partial charge in [-0.15, -0.1) is 0 Å². The SMILES string of the molecule is CCCNC(=O)C(CC(=O)O)NP(N)(=O)N1CCC[C@H](N)C1=O. The third-order valence-electron chi connectivity index (χ3n) is 3.40. The van der Waals surface area contributed by atoms with Crippen LogP contribution >= 0.6 is 7.59 Å². The van der Waals surface area contributed by atoms with Crippen molar-refractivity contribution in [1.29, 1.82) is 0 Å². The molecule has 1 heterocycles. The molecule has 0 bridgehead atoms. The highest BCUT2D eigenvalue weighted by atomic mass is 31.2. The largest absolute Gasteiger partial charge is 0.481 e. The summed E-state index contributed by atoms with van der Waals surface area (Å²) in [6.07, 6.45) is 1.04. The zero-order valence-electron chi connectivity index (χ0n) is 13.0. The van der Waals surface area contributed by atoms with Gasteiger partial charge in [-0.1, -0.05) is 6.92 Å². The number of aliphatic carboxylic acids is 1. The van der Waals surface area contributed by atoms with E-state index in [1.807, 2.05) is 6.92 Å². The minimum Gasteiger partial charge on any atom is -0.481 e. The van der Waals surface area contributed by atoms with E-state index in [9.17, 15) is 18.9 Å². The quantitative estimate of drug-likeness (QED) is 0.346. The number of carboxylic acids is 1. The van der Waals surface area contributed by atoms with Gasteiger partial charge in [0.05, 0.1) is 12.5 Å². The molecule has 132 valence electrons. The number of hydrogen-bond donors (Lipinski definition) is 5. The van der Waals surface area contributed by atoms with Crippen molar-refractivity contribution < 1.29 is 24.1 Å². The van der Waals surface area contributed by atoms with Crippen LogP contribution in [-0.2, 0) is 18.9 Å². The summed E-state index contributed by atoms with van der Waals surface area (Å²) in [6.45, 7) is 2.32. The summed E-state index contributed by atoms with van der Waals surface area (Å²) in [6, 6.07) is -2.10. The molecule has 0 aromatic carbocycles. The summed E-state index contributed by atoms with van der Waals surface area (Å²) in [7, 11) is -3.93. The Kier molecular flexibility index (Phi) is 7.14. The highest BCUT2D eigenvalue weighted by Crippen LogP contribution is 2.40. The summed E-state index contributed by atoms with van der Waals surface area (Å²) in [5.41, 5.74) is 11.3. The Morgan fingerprint density at radius 1 is 1.52 bits per heavy atom. The molecule has 1 saturated heterocycles. The molecule has 0 spiro atoms. The van der Waals surface area contributed by atoms with Crippen LogP contribution in [0, 0.1) is 0 Å². The van der Waals surface area contributed by atoms with Gasteiger partial charge in [0.25, 0.3) is 0 Å². The topological polar surface area (TPSA) is 168 Å². The maximum Gasteiger partial charge on any atom is 0.306 e. The van der Waals surface area contributed by atoms with Crippen molar-refractivity contribution in [2.75, 3.05) is 13.1 Å². The number of carboxylic acid groups (broad SMARTS) is 1. The van der Waals surface area contributed by atoms with Crippen molar-refractivity contribution in [3.8, 4) is 0 Å². The van der Waals surface area contributed by atoms with Crippen molar-refractivity contribution in [2.45, 2.75) is 44.7 Å². The number of rotatable bonds is 8. The normalized spacial score (nSPS) is 22.3. The third-order valence-corrected chi connectivity index (χ3v) is 5.20. The predicted molar refractivity (Wildman–Crippen MR) is 83.2 cm³/mol. The van der Waals surface area contributed by atoms with Crippen molar-refractivity contribution in [3.05, 3.63) is 0 Å². The van der Waals surface area contributed by atoms with Gasteiger partial charge in [0.2, 0.25) is 11.8 Å². The Balaban J connectivity index is 2.86. The first-order chi connectivity index (χ1) is 10.7. The van der Waals surface area contributed by atoms with E-state index in [1.165, 1.54) is 0 Å². The van der Waals surface area contributed by atoms with Gasteiger partial charge in [0, 0.05) is 13.1 Å². The van der Waals surface area contributed by atoms with E-state index in [1.54, 1.807) is 0 Å². The highest BCUT2D eigenvalue weighted by molar-refractivity contribution is 7.57. The van der Waals surface area contributed by atoms with Crippen molar-refractivity contribution in [2.24, 2.45) is 11.2 Å². The number of nitrogens with two attached hydrogens (primary N) is 2. The Morgan fingerprint density at radius 3 is 2.74 bits per heavy atom. The van der Waals surface area contributed by atoms with Gasteiger partial charge in [-0.3, -0.25) is 29.1 Å². The minimum absolute atomic E-state index is 0.143. The molecule has 10 nitrogen and oxygen atoms in total. The second kappa shape index (κ2) is 8.39. The van der Waals surface area contributed by atoms with Crippen molar-refractivity contribution in [3.63, 3.8) is 0 Å². The van der Waals surface area contributed by atoms with Crippen molar-refractivity contribution in [1.82, 2.24) is 15.1 Å². The van der Waals surface area contributed by atoms with Crippen molar-refractivity contribution >= 4 is 25.4 Å². The predicted octanol–water partition coefficient (Wildman–Crippen LogP) is -1.04. The molecular formula is C12H24N5O5P. The lowest BCUT2D eigenvalue weighted by Crippen LogP contribution is -2.53. The summed E-state index contributed by atoms with van der Waals surface area (Å²) in [5, 5.41) is 13.8. The van der Waals surface area contributed by atoms with Crippen LogP contribution in [0.1, 0.15) is 32.6 Å². The van der Waals surface area contributed by atoms with Crippen LogP contribution in [0.5, 0.6) is 0 Å². The van der Waals surface area contributed by atoms with Crippen LogP contribution < -0.4 is 21.6 Å². The van der Waals surface area contributed by atoms with Gasteiger partial charge in [0.15, 0.2) is 0 Å². The van der Waals surface area contributed by atoms with Gasteiger partial charge >= 0.3 is 13.6 Å². The number of hydrogen-bond acceptors (Lipinski definition) is 5. The highest BCUT2D eigenvalue weighted by Gasteiger charge is 2.39. The monoisotopic (exact) mass is 349 g/mol. The van der Waals surface area contributed by atoms with Crippen LogP contribution in [0.25, 0.3) is 0 Å². The molecule has 0 aromatic rings. The molecule has 0 saturated carbocycles. The molecule has 2 amide bonds. The first kappa shape index (κ1) is 19.6. The van der Waals surface area contributed by atoms with Gasteiger partial charge in [-0.05, 0) is 19.3 Å². The van der Waals surface area contributed by atoms with E-state index >= 15 is 0 Å². The number of carbonyl (C=O) groups excluding carboxylic acids is 2. The number of nitrogens with zero attached hydrogens (tertiary/aromatic N) is 1. The lowest BCUT2D eigenvalue weighted by atomic mass is 10.1. The van der Waals surface area contributed by atoms with Crippen LogP contribution in [-0.4, -0.2) is 52.7 Å². The lowest BCUT2D eigenvalue weighted by Gasteiger charge is -2.35. The molecule has 0 aromatic heterocycles. The molecule has 7 N–H and O–H groups in total. The molecule has 0 aliphatic carbocycles. The van der Waals surface area contributed by atoms with Crippen LogP contribution in [0.15, 0.2) is 0 Å². The molecule has 2 unspecified atom stereocenters. The minimum atomic E-state index is -3.93. The zero-order chi connectivity index (χ0) is 17.6. The van der Waals surface area contributed by atoms with E-state index < -0.39 is 43.9 Å². The van der Waals surface area contributed by atoms with Crippen LogP contribution in [0.4, 0.5) is 0 Å². The Hall–Kier alpha value is -1.48. The van der Waals surface area contributed by atoms with Gasteiger partial charge in [-0.2, -0.15) is 0 Å². The van der Waals surface area contributed by atoms with E-state index in [0.29, 0.717) is 25.8 Å². The third kappa shape index (κ3) is 5.58. The maximum absolute atomic E-state index is 12.6. The molecule has 1 rings (SSSR count). The molecule has 11 heteroatoms. The van der Waals surface area contributed by atoms with E-state index in [2.05, 4.69) is 10.4 Å². The average molecular weight is 349 g/mol. The Labute approximate surface area is 134 Å². The first-order valence-electron chi connectivity index (χ1n) is 7.42. The van der Waals surface area contributed by atoms with Crippen LogP contribution in [0.2, 0.25) is 0 Å². The van der Waals surface area contributed by atoms with Crippen LogP contribution in [0.3, 0.4) is 0 Å². The summed E-state index contributed by atoms with van der Waals surface area (Å²) in [4.78, 5) is 34.9. The summed E-state index contributed by atoms with van der Waals surface area (Å²) in [5.74, 6) is -2.46. The number of carbonyl (C=O) groups is 3. The van der Waals surface area contributed by atoms with Gasteiger partial charge in [-0.25, -0.2) is 5.09 Å². The molecular weight excluding hydrogens is 325 g/mol. The van der Waals surface area contributed by atoms with E-state index in [4.69, 9.17) is 16.3 Å². The first-order valence-corrected chi connectivity index (χ1v) is 9.15. The average Bonchev–Trinajstić information content (AvgIpc) is 2.46. The standard InChI is InChI=1S/C12H24N5O5P/c1-2-5-15-11(20)9(7-10(18)19)16-23(14,22)17-6-3-4-8(13)12(17)21/h8-9H,2-7,13H2,1H3,(H,15,20)(H,18,19)(H3,14,16,22)/t8-,9?,23?/m0/s1. The molecule has 1 aliphatic heterocycles. The second-order valence-corrected chi connectivity index (χ2v) is 7.39. The number of amides is 2. The fourth-order valence-corrected chi connectivity index (χ4v) is 3.89. The smallest absolute Gasteiger partial charge is 0.306 e. The molecule has 23 heavy (non-hydrogen) atoms. The fraction of sp³-hybridized carbons (Fsp3) is 0.750. The summed E-state index contributed by atoms with van der Waals surface area (Å²) >= 11 is 0. The lowest BCUT2D eigenvalue weighted by molar-refractivity contribution is -0.139. The Morgan fingerprint density at radius 2 is 2.17 bits per heavy atom. The van der Waals surface area contributed by atoms with Gasteiger partial charge < -0.3 is 16.2 Å².